The van der Waals surface area contributed by atoms with Crippen molar-refractivity contribution in [1.29, 1.82) is 0 Å². The topological polar surface area (TPSA) is 9.72 Å². The van der Waals surface area contributed by atoms with E-state index in [2.05, 4.69) is 55.2 Å². The monoisotopic (exact) mass is 233 g/mol. The molecule has 0 atom stereocenters. The largest absolute Gasteiger partial charge is 0.329 e. The fourth-order valence-corrected chi connectivity index (χ4v) is 5.89. The van der Waals surface area contributed by atoms with Crippen molar-refractivity contribution >= 4 is 19.7 Å². The van der Waals surface area contributed by atoms with Crippen molar-refractivity contribution in [2.24, 2.45) is 0 Å². The van der Waals surface area contributed by atoms with Gasteiger partial charge in [-0.1, -0.05) is 27.7 Å². The molecule has 0 bridgehead atoms. The van der Waals surface area contributed by atoms with E-state index in [-0.39, 0.29) is 19.7 Å². The highest BCUT2D eigenvalue weighted by molar-refractivity contribution is 6.47. The van der Waals surface area contributed by atoms with E-state index in [0.717, 1.165) is 6.04 Å². The standard InChI is InChI=1S/C9H27N3Si2/c1-7-10(5)13-12(9(3)4)14-11(6)8-2/h9H,7-8,13-14H2,1-6H3. The molecule has 0 N–H and O–H groups in total. The van der Waals surface area contributed by atoms with Crippen LogP contribution in [0.2, 0.25) is 0 Å². The van der Waals surface area contributed by atoms with Gasteiger partial charge in [-0.3, -0.25) is 0 Å². The molecule has 5 heteroatoms. The first-order valence-electron chi connectivity index (χ1n) is 5.62. The Morgan fingerprint density at radius 2 is 1.29 bits per heavy atom. The molecule has 0 aliphatic heterocycles. The van der Waals surface area contributed by atoms with Crippen LogP contribution < -0.4 is 0 Å². The van der Waals surface area contributed by atoms with Crippen LogP contribution in [0.4, 0.5) is 0 Å². The first kappa shape index (κ1) is 14.3. The number of hydrogen-bond acceptors (Lipinski definition) is 3. The zero-order chi connectivity index (χ0) is 11.1. The third-order valence-corrected chi connectivity index (χ3v) is 7.90. The molecule has 86 valence electrons. The van der Waals surface area contributed by atoms with Crippen molar-refractivity contribution in [1.82, 2.24) is 13.4 Å². The minimum Gasteiger partial charge on any atom is -0.329 e. The predicted octanol–water partition coefficient (Wildman–Crippen LogP) is -0.402. The molecule has 0 saturated carbocycles. The first-order chi connectivity index (χ1) is 6.51. The summed E-state index contributed by atoms with van der Waals surface area (Å²) in [6.07, 6.45) is 0. The summed E-state index contributed by atoms with van der Waals surface area (Å²) in [7, 11) is 4.18. The fourth-order valence-electron chi connectivity index (χ4n) is 1.19. The molecule has 0 unspecified atom stereocenters. The highest BCUT2D eigenvalue weighted by Crippen LogP contribution is 1.97. The molecule has 0 saturated heterocycles. The van der Waals surface area contributed by atoms with Gasteiger partial charge in [-0.2, -0.15) is 0 Å². The highest BCUT2D eigenvalue weighted by Gasteiger charge is 2.13. The average molecular weight is 234 g/mol. The van der Waals surface area contributed by atoms with Gasteiger partial charge in [-0.15, -0.1) is 0 Å². The Kier molecular flexibility index (Phi) is 7.76. The Balaban J connectivity index is 4.02. The number of hydrogen-bond donors (Lipinski definition) is 0. The lowest BCUT2D eigenvalue weighted by Crippen LogP contribution is -2.50. The summed E-state index contributed by atoms with van der Waals surface area (Å²) in [6, 6.07) is 0.733. The minimum absolute atomic E-state index is 0.163. The Morgan fingerprint density at radius 1 is 0.929 bits per heavy atom. The maximum Gasteiger partial charge on any atom is 0.166 e. The van der Waals surface area contributed by atoms with E-state index in [9.17, 15) is 0 Å². The second-order valence-electron chi connectivity index (χ2n) is 4.31. The van der Waals surface area contributed by atoms with Crippen molar-refractivity contribution in [2.45, 2.75) is 33.7 Å². The van der Waals surface area contributed by atoms with E-state index < -0.39 is 0 Å². The molecule has 0 spiro atoms. The van der Waals surface area contributed by atoms with Crippen LogP contribution in [-0.2, 0) is 0 Å². The normalized spacial score (nSPS) is 14.1. The van der Waals surface area contributed by atoms with Crippen molar-refractivity contribution < 1.29 is 0 Å². The molecule has 0 aromatic carbocycles. The van der Waals surface area contributed by atoms with Crippen molar-refractivity contribution in [3.63, 3.8) is 0 Å². The quantitative estimate of drug-likeness (QED) is 0.554. The Labute approximate surface area is 94.4 Å². The van der Waals surface area contributed by atoms with Crippen LogP contribution in [0.3, 0.4) is 0 Å². The average Bonchev–Trinajstić information content (AvgIpc) is 2.16. The Morgan fingerprint density at radius 3 is 1.50 bits per heavy atom. The molecule has 14 heavy (non-hydrogen) atoms. The second kappa shape index (κ2) is 7.59. The van der Waals surface area contributed by atoms with Gasteiger partial charge in [0.05, 0.1) is 0 Å². The van der Waals surface area contributed by atoms with E-state index in [0.29, 0.717) is 0 Å². The minimum atomic E-state index is -0.163. The van der Waals surface area contributed by atoms with Gasteiger partial charge >= 0.3 is 0 Å². The summed E-state index contributed by atoms with van der Waals surface area (Å²) in [5.74, 6) is 0. The van der Waals surface area contributed by atoms with Gasteiger partial charge < -0.3 is 13.4 Å². The molecule has 0 aromatic rings. The molecule has 0 aliphatic rings. The van der Waals surface area contributed by atoms with Crippen LogP contribution in [0, 0.1) is 0 Å². The summed E-state index contributed by atoms with van der Waals surface area (Å²) < 4.78 is 7.78. The van der Waals surface area contributed by atoms with Crippen LogP contribution in [0.15, 0.2) is 0 Å². The highest BCUT2D eigenvalue weighted by atomic mass is 28.3. The maximum atomic E-state index is 2.76. The molecule has 0 radical (unpaired) electrons. The molecular formula is C9H27N3Si2. The van der Waals surface area contributed by atoms with Gasteiger partial charge in [0.1, 0.15) is 0 Å². The first-order valence-corrected chi connectivity index (χ1v) is 8.15. The summed E-state index contributed by atoms with van der Waals surface area (Å²) in [6.45, 7) is 11.5. The second-order valence-corrected chi connectivity index (χ2v) is 9.55. The van der Waals surface area contributed by atoms with Gasteiger partial charge in [0.15, 0.2) is 19.7 Å². The van der Waals surface area contributed by atoms with Crippen molar-refractivity contribution in [2.75, 3.05) is 27.2 Å². The summed E-state index contributed by atoms with van der Waals surface area (Å²) >= 11 is 0. The van der Waals surface area contributed by atoms with Crippen LogP contribution in [0.5, 0.6) is 0 Å². The third-order valence-electron chi connectivity index (χ3n) is 2.66. The zero-order valence-corrected chi connectivity index (χ0v) is 13.6. The molecule has 0 aromatic heterocycles. The van der Waals surface area contributed by atoms with E-state index >= 15 is 0 Å². The lowest BCUT2D eigenvalue weighted by Gasteiger charge is -2.33. The van der Waals surface area contributed by atoms with Crippen molar-refractivity contribution in [3.8, 4) is 0 Å². The summed E-state index contributed by atoms with van der Waals surface area (Å²) in [5, 5.41) is 0. The smallest absolute Gasteiger partial charge is 0.166 e. The molecular weight excluding hydrogens is 206 g/mol. The lowest BCUT2D eigenvalue weighted by atomic mass is 10.4. The predicted molar refractivity (Wildman–Crippen MR) is 70.7 cm³/mol. The molecule has 3 nitrogen and oxygen atoms in total. The zero-order valence-electron chi connectivity index (χ0n) is 10.7. The van der Waals surface area contributed by atoms with Crippen LogP contribution in [-0.4, -0.2) is 66.3 Å². The van der Waals surface area contributed by atoms with Crippen LogP contribution in [0.25, 0.3) is 0 Å². The third kappa shape index (κ3) is 5.92. The van der Waals surface area contributed by atoms with Gasteiger partial charge in [-0.05, 0) is 33.2 Å². The van der Waals surface area contributed by atoms with E-state index in [1.807, 2.05) is 0 Å². The summed E-state index contributed by atoms with van der Waals surface area (Å²) in [5.41, 5.74) is 0. The van der Waals surface area contributed by atoms with Gasteiger partial charge in [-0.25, -0.2) is 0 Å². The van der Waals surface area contributed by atoms with Crippen LogP contribution >= 0.6 is 0 Å². The van der Waals surface area contributed by atoms with E-state index in [1.54, 1.807) is 0 Å². The van der Waals surface area contributed by atoms with E-state index in [1.165, 1.54) is 13.1 Å². The molecule has 0 aliphatic carbocycles. The summed E-state index contributed by atoms with van der Waals surface area (Å²) in [4.78, 5) is 0. The maximum absolute atomic E-state index is 2.76. The van der Waals surface area contributed by atoms with Crippen LogP contribution in [0.1, 0.15) is 27.7 Å². The van der Waals surface area contributed by atoms with Gasteiger partial charge in [0, 0.05) is 0 Å². The van der Waals surface area contributed by atoms with Crippen molar-refractivity contribution in [3.05, 3.63) is 0 Å². The number of rotatable bonds is 7. The van der Waals surface area contributed by atoms with E-state index in [4.69, 9.17) is 0 Å². The number of nitrogens with zero attached hydrogens (tertiary/aromatic N) is 3. The van der Waals surface area contributed by atoms with Gasteiger partial charge in [0.2, 0.25) is 0 Å². The SMILES string of the molecule is CCN(C)[SiH2]N([SiH2]N(C)CC)C(C)C. The lowest BCUT2D eigenvalue weighted by molar-refractivity contribution is 0.431. The molecule has 0 rings (SSSR count). The molecule has 0 amide bonds. The Hall–Kier alpha value is 0.314. The molecule has 0 fully saturated rings. The fraction of sp³-hybridized carbons (Fsp3) is 1.00. The Bertz CT molecular complexity index is 132. The molecule has 0 heterocycles. The van der Waals surface area contributed by atoms with Gasteiger partial charge in [0.25, 0.3) is 0 Å².